The summed E-state index contributed by atoms with van der Waals surface area (Å²) in [6.07, 6.45) is -2.95. The number of carbonyl (C=O) groups is 1. The zero-order chi connectivity index (χ0) is 20.6. The van der Waals surface area contributed by atoms with Gasteiger partial charge >= 0.3 is 6.18 Å². The second kappa shape index (κ2) is 7.16. The number of rotatable bonds is 4. The summed E-state index contributed by atoms with van der Waals surface area (Å²) in [5, 5.41) is 2.82. The van der Waals surface area contributed by atoms with Crippen LogP contribution in [0.1, 0.15) is 27.2 Å². The minimum Gasteiger partial charge on any atom is -0.463 e. The van der Waals surface area contributed by atoms with Crippen molar-refractivity contribution in [2.75, 3.05) is 5.32 Å². The number of hydrogen-bond acceptors (Lipinski definition) is 2. The number of nitrogens with zero attached hydrogens (tertiary/aromatic N) is 1. The average molecular weight is 398 g/mol. The summed E-state index contributed by atoms with van der Waals surface area (Å²) >= 11 is 0. The minimum absolute atomic E-state index is 0.101. The molecule has 2 aromatic carbocycles. The molecular formula is C22H17F3N2O2. The molecule has 4 aromatic rings. The van der Waals surface area contributed by atoms with Gasteiger partial charge in [-0.1, -0.05) is 29.8 Å². The number of alkyl halides is 3. The molecule has 0 aliphatic rings. The molecule has 2 heterocycles. The zero-order valence-electron chi connectivity index (χ0n) is 15.5. The first kappa shape index (κ1) is 18.9. The van der Waals surface area contributed by atoms with Crippen LogP contribution in [0.15, 0.2) is 71.3 Å². The first-order valence-electron chi connectivity index (χ1n) is 8.92. The molecule has 0 bridgehead atoms. The SMILES string of the molecule is Cc1ccc(NC(=O)c2cc3occc3n2Cc2cccc(C(F)(F)F)c2)cc1. The highest BCUT2D eigenvalue weighted by Crippen LogP contribution is 2.30. The highest BCUT2D eigenvalue weighted by molar-refractivity contribution is 6.05. The van der Waals surface area contributed by atoms with E-state index in [1.54, 1.807) is 34.9 Å². The molecule has 29 heavy (non-hydrogen) atoms. The van der Waals surface area contributed by atoms with Gasteiger partial charge in [-0.2, -0.15) is 13.2 Å². The van der Waals surface area contributed by atoms with Gasteiger partial charge in [0.1, 0.15) is 5.69 Å². The Labute approximate surface area is 164 Å². The van der Waals surface area contributed by atoms with E-state index in [9.17, 15) is 18.0 Å². The normalized spacial score (nSPS) is 11.7. The molecule has 0 radical (unpaired) electrons. The molecule has 148 valence electrons. The van der Waals surface area contributed by atoms with Crippen molar-refractivity contribution in [3.05, 3.63) is 89.3 Å². The summed E-state index contributed by atoms with van der Waals surface area (Å²) in [6, 6.07) is 15.7. The summed E-state index contributed by atoms with van der Waals surface area (Å²) in [5.74, 6) is -0.368. The smallest absolute Gasteiger partial charge is 0.416 e. The molecule has 0 aliphatic heterocycles. The Morgan fingerprint density at radius 1 is 1.07 bits per heavy atom. The summed E-state index contributed by atoms with van der Waals surface area (Å²) in [4.78, 5) is 12.9. The van der Waals surface area contributed by atoms with Gasteiger partial charge in [0.05, 0.1) is 17.3 Å². The minimum atomic E-state index is -4.43. The number of furan rings is 1. The number of benzene rings is 2. The van der Waals surface area contributed by atoms with Gasteiger partial charge in [-0.15, -0.1) is 0 Å². The van der Waals surface area contributed by atoms with E-state index >= 15 is 0 Å². The third-order valence-electron chi connectivity index (χ3n) is 4.66. The van der Waals surface area contributed by atoms with E-state index in [1.165, 1.54) is 12.3 Å². The Hall–Kier alpha value is -3.48. The van der Waals surface area contributed by atoms with Gasteiger partial charge < -0.3 is 14.3 Å². The van der Waals surface area contributed by atoms with Gasteiger partial charge in [-0.3, -0.25) is 4.79 Å². The van der Waals surface area contributed by atoms with E-state index in [2.05, 4.69) is 5.32 Å². The standard InChI is InChI=1S/C22H17F3N2O2/c1-14-5-7-17(8-6-14)26-21(28)19-12-20-18(9-10-29-20)27(19)13-15-3-2-4-16(11-15)22(23,24)25/h2-12H,13H2,1H3,(H,26,28). The van der Waals surface area contributed by atoms with Crippen molar-refractivity contribution in [3.8, 4) is 0 Å². The zero-order valence-corrected chi connectivity index (χ0v) is 15.5. The predicted molar refractivity (Wildman–Crippen MR) is 104 cm³/mol. The maximum absolute atomic E-state index is 13.0. The lowest BCUT2D eigenvalue weighted by Gasteiger charge is -2.13. The summed E-state index contributed by atoms with van der Waals surface area (Å²) in [5.41, 5.74) is 2.83. The Kier molecular flexibility index (Phi) is 4.66. The molecule has 4 rings (SSSR count). The molecule has 1 amide bonds. The van der Waals surface area contributed by atoms with E-state index in [0.717, 1.165) is 17.7 Å². The predicted octanol–water partition coefficient (Wildman–Crippen LogP) is 5.86. The van der Waals surface area contributed by atoms with Gasteiger partial charge in [-0.05, 0) is 36.8 Å². The van der Waals surface area contributed by atoms with E-state index in [1.807, 2.05) is 19.1 Å². The first-order chi connectivity index (χ1) is 13.8. The maximum atomic E-state index is 13.0. The highest BCUT2D eigenvalue weighted by atomic mass is 19.4. The second-order valence-electron chi connectivity index (χ2n) is 6.80. The molecule has 7 heteroatoms. The van der Waals surface area contributed by atoms with Gasteiger partial charge in [0.25, 0.3) is 5.91 Å². The number of anilines is 1. The Bertz CT molecular complexity index is 1170. The van der Waals surface area contributed by atoms with Crippen LogP contribution in [0.4, 0.5) is 18.9 Å². The molecule has 0 aliphatic carbocycles. The van der Waals surface area contributed by atoms with Crippen LogP contribution in [0.2, 0.25) is 0 Å². The van der Waals surface area contributed by atoms with E-state index in [4.69, 9.17) is 4.42 Å². The van der Waals surface area contributed by atoms with Crippen LogP contribution in [-0.4, -0.2) is 10.5 Å². The summed E-state index contributed by atoms with van der Waals surface area (Å²) in [6.45, 7) is 2.05. The van der Waals surface area contributed by atoms with Crippen molar-refractivity contribution in [1.82, 2.24) is 4.57 Å². The fraction of sp³-hybridized carbons (Fsp3) is 0.136. The molecule has 0 atom stereocenters. The van der Waals surface area contributed by atoms with Crippen LogP contribution in [0.25, 0.3) is 11.1 Å². The van der Waals surface area contributed by atoms with Crippen LogP contribution in [-0.2, 0) is 12.7 Å². The number of carbonyl (C=O) groups excluding carboxylic acids is 1. The Morgan fingerprint density at radius 3 is 2.55 bits per heavy atom. The van der Waals surface area contributed by atoms with Crippen LogP contribution in [0.5, 0.6) is 0 Å². The van der Waals surface area contributed by atoms with E-state index < -0.39 is 11.7 Å². The third-order valence-corrected chi connectivity index (χ3v) is 4.66. The quantitative estimate of drug-likeness (QED) is 0.468. The van der Waals surface area contributed by atoms with E-state index in [0.29, 0.717) is 28.0 Å². The van der Waals surface area contributed by atoms with Crippen molar-refractivity contribution in [2.45, 2.75) is 19.6 Å². The number of amides is 1. The maximum Gasteiger partial charge on any atom is 0.416 e. The van der Waals surface area contributed by atoms with Crippen molar-refractivity contribution in [1.29, 1.82) is 0 Å². The largest absolute Gasteiger partial charge is 0.463 e. The van der Waals surface area contributed by atoms with Gasteiger partial charge in [0.15, 0.2) is 5.58 Å². The summed E-state index contributed by atoms with van der Waals surface area (Å²) < 4.78 is 46.2. The van der Waals surface area contributed by atoms with Crippen molar-refractivity contribution < 1.29 is 22.4 Å². The lowest BCUT2D eigenvalue weighted by Crippen LogP contribution is -2.17. The van der Waals surface area contributed by atoms with Crippen LogP contribution < -0.4 is 5.32 Å². The fourth-order valence-corrected chi connectivity index (χ4v) is 3.20. The fourth-order valence-electron chi connectivity index (χ4n) is 3.20. The number of halogens is 3. The highest BCUT2D eigenvalue weighted by Gasteiger charge is 2.30. The molecule has 0 saturated carbocycles. The number of aromatic nitrogens is 1. The third kappa shape index (κ3) is 3.89. The van der Waals surface area contributed by atoms with Crippen molar-refractivity contribution in [3.63, 3.8) is 0 Å². The number of nitrogens with one attached hydrogen (secondary N) is 1. The van der Waals surface area contributed by atoms with Crippen LogP contribution >= 0.6 is 0 Å². The number of hydrogen-bond donors (Lipinski definition) is 1. The van der Waals surface area contributed by atoms with Crippen LogP contribution in [0, 0.1) is 6.92 Å². The monoisotopic (exact) mass is 398 g/mol. The summed E-state index contributed by atoms with van der Waals surface area (Å²) in [7, 11) is 0. The Balaban J connectivity index is 1.68. The van der Waals surface area contributed by atoms with Crippen LogP contribution in [0.3, 0.4) is 0 Å². The number of aryl methyl sites for hydroxylation is 1. The van der Waals surface area contributed by atoms with Crippen molar-refractivity contribution >= 4 is 22.7 Å². The molecule has 4 nitrogen and oxygen atoms in total. The molecule has 0 saturated heterocycles. The average Bonchev–Trinajstić information content (AvgIpc) is 3.26. The van der Waals surface area contributed by atoms with Gasteiger partial charge in [-0.25, -0.2) is 0 Å². The second-order valence-corrected chi connectivity index (χ2v) is 6.80. The first-order valence-corrected chi connectivity index (χ1v) is 8.92. The van der Waals surface area contributed by atoms with Gasteiger partial charge in [0, 0.05) is 24.4 Å². The van der Waals surface area contributed by atoms with E-state index in [-0.39, 0.29) is 12.5 Å². The molecule has 0 unspecified atom stereocenters. The molecule has 0 spiro atoms. The lowest BCUT2D eigenvalue weighted by molar-refractivity contribution is -0.137. The molecule has 0 fully saturated rings. The molecule has 2 aromatic heterocycles. The Morgan fingerprint density at radius 2 is 1.83 bits per heavy atom. The van der Waals surface area contributed by atoms with Gasteiger partial charge in [0.2, 0.25) is 0 Å². The molecule has 1 N–H and O–H groups in total. The lowest BCUT2D eigenvalue weighted by atomic mass is 10.1. The number of fused-ring (bicyclic) bond motifs is 1. The molecular weight excluding hydrogens is 381 g/mol. The topological polar surface area (TPSA) is 47.2 Å². The van der Waals surface area contributed by atoms with Crippen molar-refractivity contribution in [2.24, 2.45) is 0 Å².